The van der Waals surface area contributed by atoms with E-state index in [9.17, 15) is 4.79 Å². The van der Waals surface area contributed by atoms with Crippen molar-refractivity contribution in [2.75, 3.05) is 6.61 Å². The van der Waals surface area contributed by atoms with E-state index in [2.05, 4.69) is 10.3 Å². The normalized spacial score (nSPS) is 15.7. The molecule has 1 fully saturated rings. The molecular formula is C17H14ClN3O2. The SMILES string of the molecule is O=C(CO)c1cccc2c(C3(c4ccc(Cl)cc4)CC3)nnn12. The smallest absolute Gasteiger partial charge is 0.206 e. The van der Waals surface area contributed by atoms with Gasteiger partial charge in [-0.15, -0.1) is 5.10 Å². The molecule has 5 nitrogen and oxygen atoms in total. The van der Waals surface area contributed by atoms with Crippen molar-refractivity contribution in [3.05, 3.63) is 64.4 Å². The topological polar surface area (TPSA) is 67.5 Å². The molecule has 2 heterocycles. The van der Waals surface area contributed by atoms with Crippen LogP contribution in [0.15, 0.2) is 42.5 Å². The summed E-state index contributed by atoms with van der Waals surface area (Å²) in [5.74, 6) is -0.372. The number of rotatable bonds is 4. The van der Waals surface area contributed by atoms with Crippen LogP contribution in [0.3, 0.4) is 0 Å². The van der Waals surface area contributed by atoms with Crippen LogP contribution < -0.4 is 0 Å². The first kappa shape index (κ1) is 14.4. The summed E-state index contributed by atoms with van der Waals surface area (Å²) in [5, 5.41) is 18.3. The van der Waals surface area contributed by atoms with Gasteiger partial charge >= 0.3 is 0 Å². The van der Waals surface area contributed by atoms with Gasteiger partial charge in [-0.25, -0.2) is 4.52 Å². The van der Waals surface area contributed by atoms with Crippen LogP contribution in [0, 0.1) is 0 Å². The first-order valence-electron chi connectivity index (χ1n) is 7.41. The Labute approximate surface area is 137 Å². The fourth-order valence-electron chi connectivity index (χ4n) is 3.11. The summed E-state index contributed by atoms with van der Waals surface area (Å²) in [7, 11) is 0. The van der Waals surface area contributed by atoms with Crippen molar-refractivity contribution in [3.8, 4) is 0 Å². The van der Waals surface area contributed by atoms with Gasteiger partial charge in [0.05, 0.1) is 5.52 Å². The molecule has 0 bridgehead atoms. The molecule has 6 heteroatoms. The first-order chi connectivity index (χ1) is 11.2. The number of aliphatic hydroxyl groups excluding tert-OH is 1. The zero-order chi connectivity index (χ0) is 16.0. The molecule has 0 unspecified atom stereocenters. The van der Waals surface area contributed by atoms with E-state index < -0.39 is 6.61 Å². The van der Waals surface area contributed by atoms with E-state index in [4.69, 9.17) is 16.7 Å². The Kier molecular flexibility index (Phi) is 3.21. The van der Waals surface area contributed by atoms with Crippen molar-refractivity contribution < 1.29 is 9.90 Å². The number of hydrogen-bond donors (Lipinski definition) is 1. The molecule has 0 saturated heterocycles. The Morgan fingerprint density at radius 3 is 2.61 bits per heavy atom. The Hall–Kier alpha value is -2.24. The number of fused-ring (bicyclic) bond motifs is 1. The van der Waals surface area contributed by atoms with Gasteiger partial charge in [-0.1, -0.05) is 35.0 Å². The molecule has 1 saturated carbocycles. The second-order valence-corrected chi connectivity index (χ2v) is 6.25. The number of carbonyl (C=O) groups excluding carboxylic acids is 1. The minimum Gasteiger partial charge on any atom is -0.388 e. The third-order valence-corrected chi connectivity index (χ3v) is 4.72. The molecule has 3 aromatic rings. The number of pyridine rings is 1. The Morgan fingerprint density at radius 2 is 1.96 bits per heavy atom. The standard InChI is InChI=1S/C17H14ClN3O2/c18-12-6-4-11(5-7-12)17(8-9-17)16-14-3-1-2-13(15(23)10-22)21(14)20-19-16/h1-7,22H,8-10H2. The summed E-state index contributed by atoms with van der Waals surface area (Å²) in [6, 6.07) is 13.1. The molecule has 0 atom stereocenters. The van der Waals surface area contributed by atoms with E-state index in [1.807, 2.05) is 30.3 Å². The highest BCUT2D eigenvalue weighted by Crippen LogP contribution is 2.53. The van der Waals surface area contributed by atoms with Crippen molar-refractivity contribution in [3.63, 3.8) is 0 Å². The van der Waals surface area contributed by atoms with E-state index in [-0.39, 0.29) is 11.2 Å². The van der Waals surface area contributed by atoms with Crippen LogP contribution in [0.1, 0.15) is 34.6 Å². The molecule has 1 aliphatic rings. The minimum absolute atomic E-state index is 0.159. The maximum atomic E-state index is 11.9. The van der Waals surface area contributed by atoms with Crippen molar-refractivity contribution in [2.24, 2.45) is 0 Å². The molecule has 1 aliphatic carbocycles. The predicted molar refractivity (Wildman–Crippen MR) is 85.9 cm³/mol. The molecule has 116 valence electrons. The summed E-state index contributed by atoms with van der Waals surface area (Å²) in [5.41, 5.74) is 3.01. The maximum Gasteiger partial charge on any atom is 0.206 e. The van der Waals surface area contributed by atoms with E-state index in [0.29, 0.717) is 10.7 Å². The number of halogens is 1. The average Bonchev–Trinajstić information content (AvgIpc) is 3.26. The fourth-order valence-corrected chi connectivity index (χ4v) is 3.23. The molecule has 0 amide bonds. The zero-order valence-electron chi connectivity index (χ0n) is 12.2. The lowest BCUT2D eigenvalue weighted by molar-refractivity contribution is 0.0896. The Morgan fingerprint density at radius 1 is 1.22 bits per heavy atom. The zero-order valence-corrected chi connectivity index (χ0v) is 13.0. The third-order valence-electron chi connectivity index (χ3n) is 4.47. The van der Waals surface area contributed by atoms with Crippen LogP contribution in [0.2, 0.25) is 5.02 Å². The van der Waals surface area contributed by atoms with E-state index in [1.54, 1.807) is 12.1 Å². The molecular weight excluding hydrogens is 314 g/mol. The molecule has 23 heavy (non-hydrogen) atoms. The summed E-state index contributed by atoms with van der Waals surface area (Å²) in [6.07, 6.45) is 1.97. The van der Waals surface area contributed by atoms with Crippen LogP contribution in [0.4, 0.5) is 0 Å². The monoisotopic (exact) mass is 327 g/mol. The van der Waals surface area contributed by atoms with Gasteiger partial charge in [-0.2, -0.15) is 0 Å². The largest absolute Gasteiger partial charge is 0.388 e. The Balaban J connectivity index is 1.87. The minimum atomic E-state index is -0.545. The average molecular weight is 328 g/mol. The van der Waals surface area contributed by atoms with Crippen LogP contribution >= 0.6 is 11.6 Å². The second kappa shape index (κ2) is 5.15. The van der Waals surface area contributed by atoms with Gasteiger partial charge < -0.3 is 5.11 Å². The van der Waals surface area contributed by atoms with Gasteiger partial charge in [0.25, 0.3) is 0 Å². The van der Waals surface area contributed by atoms with Gasteiger partial charge in [0.2, 0.25) is 5.78 Å². The Bertz CT molecular complexity index is 898. The van der Waals surface area contributed by atoms with Gasteiger partial charge in [0.1, 0.15) is 18.0 Å². The first-order valence-corrected chi connectivity index (χ1v) is 7.78. The number of ketones is 1. The van der Waals surface area contributed by atoms with Crippen LogP contribution in [-0.4, -0.2) is 32.3 Å². The predicted octanol–water partition coefficient (Wildman–Crippen LogP) is 2.64. The molecule has 0 spiro atoms. The molecule has 2 aromatic heterocycles. The lowest BCUT2D eigenvalue weighted by atomic mass is 9.91. The number of aromatic nitrogens is 3. The number of hydrogen-bond acceptors (Lipinski definition) is 4. The molecule has 1 N–H and O–H groups in total. The highest BCUT2D eigenvalue weighted by molar-refractivity contribution is 6.30. The summed E-state index contributed by atoms with van der Waals surface area (Å²) in [6.45, 7) is -0.545. The number of nitrogens with zero attached hydrogens (tertiary/aromatic N) is 3. The second-order valence-electron chi connectivity index (χ2n) is 5.82. The van der Waals surface area contributed by atoms with Crippen molar-refractivity contribution in [1.82, 2.24) is 14.8 Å². The molecule has 4 rings (SSSR count). The molecule has 1 aromatic carbocycles. The number of benzene rings is 1. The lowest BCUT2D eigenvalue weighted by Gasteiger charge is -2.13. The lowest BCUT2D eigenvalue weighted by Crippen LogP contribution is -2.12. The molecule has 0 aliphatic heterocycles. The van der Waals surface area contributed by atoms with Crippen molar-refractivity contribution >= 4 is 22.9 Å². The summed E-state index contributed by atoms with van der Waals surface area (Å²) in [4.78, 5) is 11.9. The van der Waals surface area contributed by atoms with Gasteiger partial charge in [-0.05, 0) is 42.7 Å². The number of aliphatic hydroxyl groups is 1. The van der Waals surface area contributed by atoms with Crippen molar-refractivity contribution in [2.45, 2.75) is 18.3 Å². The molecule has 0 radical (unpaired) electrons. The number of carbonyl (C=O) groups is 1. The van der Waals surface area contributed by atoms with E-state index in [1.165, 1.54) is 4.52 Å². The van der Waals surface area contributed by atoms with Gasteiger partial charge in [0, 0.05) is 10.4 Å². The maximum absolute atomic E-state index is 11.9. The van der Waals surface area contributed by atoms with E-state index >= 15 is 0 Å². The van der Waals surface area contributed by atoms with Crippen LogP contribution in [-0.2, 0) is 5.41 Å². The highest BCUT2D eigenvalue weighted by Gasteiger charge is 2.49. The fraction of sp³-hybridized carbons (Fsp3) is 0.235. The quantitative estimate of drug-likeness (QED) is 0.748. The van der Waals surface area contributed by atoms with Crippen molar-refractivity contribution in [1.29, 1.82) is 0 Å². The van der Waals surface area contributed by atoms with Gasteiger partial charge in [0.15, 0.2) is 0 Å². The van der Waals surface area contributed by atoms with Gasteiger partial charge in [-0.3, -0.25) is 4.79 Å². The van der Waals surface area contributed by atoms with E-state index in [0.717, 1.165) is 29.6 Å². The third kappa shape index (κ3) is 2.16. The summed E-state index contributed by atoms with van der Waals surface area (Å²) < 4.78 is 1.52. The van der Waals surface area contributed by atoms with Crippen LogP contribution in [0.5, 0.6) is 0 Å². The highest BCUT2D eigenvalue weighted by atomic mass is 35.5. The van der Waals surface area contributed by atoms with Crippen LogP contribution in [0.25, 0.3) is 5.52 Å². The summed E-state index contributed by atoms with van der Waals surface area (Å²) >= 11 is 5.98. The number of Topliss-reactive ketones (excluding diaryl/α,β-unsaturated/α-hetero) is 1.